The summed E-state index contributed by atoms with van der Waals surface area (Å²) in [5.74, 6) is 0.0729. The number of esters is 1. The second kappa shape index (κ2) is 3.09. The van der Waals surface area contributed by atoms with E-state index in [2.05, 4.69) is 9.72 Å². The van der Waals surface area contributed by atoms with Crippen LogP contribution >= 0.6 is 0 Å². The molecule has 1 aromatic heterocycles. The first kappa shape index (κ1) is 7.65. The molecule has 4 heteroatoms. The molecule has 1 N–H and O–H groups in total. The molecule has 0 saturated heterocycles. The highest BCUT2D eigenvalue weighted by atomic mass is 16.5. The standard InChI is InChI=1S/C7H9NO3/c1-10-5-3-4-8-6(5)7(9)11-2/h3-4,8H,1-2H3. The van der Waals surface area contributed by atoms with Crippen LogP contribution in [0.25, 0.3) is 0 Å². The third-order valence-corrected chi connectivity index (χ3v) is 1.32. The van der Waals surface area contributed by atoms with Crippen molar-refractivity contribution in [3.8, 4) is 5.75 Å². The van der Waals surface area contributed by atoms with Crippen LogP contribution in [0.15, 0.2) is 12.3 Å². The largest absolute Gasteiger partial charge is 0.494 e. The van der Waals surface area contributed by atoms with Gasteiger partial charge in [0.15, 0.2) is 11.4 Å². The molecule has 0 spiro atoms. The molecule has 1 heterocycles. The lowest BCUT2D eigenvalue weighted by Gasteiger charge is -1.98. The van der Waals surface area contributed by atoms with Gasteiger partial charge in [0.2, 0.25) is 0 Å². The van der Waals surface area contributed by atoms with Crippen molar-refractivity contribution in [2.24, 2.45) is 0 Å². The van der Waals surface area contributed by atoms with Gasteiger partial charge in [0.05, 0.1) is 14.2 Å². The first-order chi connectivity index (χ1) is 5.29. The Morgan fingerprint density at radius 2 is 2.27 bits per heavy atom. The van der Waals surface area contributed by atoms with Crippen LogP contribution in [-0.2, 0) is 4.74 Å². The first-order valence-corrected chi connectivity index (χ1v) is 3.09. The van der Waals surface area contributed by atoms with E-state index in [9.17, 15) is 4.79 Å². The maximum atomic E-state index is 10.9. The number of ether oxygens (including phenoxy) is 2. The molecule has 0 aliphatic carbocycles. The monoisotopic (exact) mass is 155 g/mol. The van der Waals surface area contributed by atoms with Crippen molar-refractivity contribution < 1.29 is 14.3 Å². The molecule has 0 radical (unpaired) electrons. The molecule has 60 valence electrons. The normalized spacial score (nSPS) is 9.27. The van der Waals surface area contributed by atoms with Crippen LogP contribution < -0.4 is 4.74 Å². The summed E-state index contributed by atoms with van der Waals surface area (Å²) in [7, 11) is 2.82. The fourth-order valence-electron chi connectivity index (χ4n) is 0.787. The molecule has 0 amide bonds. The number of aromatic amines is 1. The Morgan fingerprint density at radius 1 is 1.55 bits per heavy atom. The number of rotatable bonds is 2. The van der Waals surface area contributed by atoms with Gasteiger partial charge in [-0.1, -0.05) is 0 Å². The van der Waals surface area contributed by atoms with E-state index >= 15 is 0 Å². The minimum atomic E-state index is -0.424. The zero-order valence-electron chi connectivity index (χ0n) is 6.38. The second-order valence-corrected chi connectivity index (χ2v) is 1.91. The van der Waals surface area contributed by atoms with Crippen molar-refractivity contribution in [2.45, 2.75) is 0 Å². The maximum Gasteiger partial charge on any atom is 0.358 e. The van der Waals surface area contributed by atoms with Gasteiger partial charge in [-0.25, -0.2) is 4.79 Å². The third kappa shape index (κ3) is 1.34. The molecule has 11 heavy (non-hydrogen) atoms. The Bertz CT molecular complexity index is 254. The van der Waals surface area contributed by atoms with Crippen molar-refractivity contribution in [1.29, 1.82) is 0 Å². The van der Waals surface area contributed by atoms with Gasteiger partial charge < -0.3 is 14.5 Å². The van der Waals surface area contributed by atoms with E-state index in [1.807, 2.05) is 0 Å². The van der Waals surface area contributed by atoms with Crippen LogP contribution in [0.4, 0.5) is 0 Å². The summed E-state index contributed by atoms with van der Waals surface area (Å²) in [6, 6.07) is 1.66. The lowest BCUT2D eigenvalue weighted by Crippen LogP contribution is -2.03. The molecule has 0 aliphatic heterocycles. The molecule has 1 rings (SSSR count). The van der Waals surface area contributed by atoms with Gasteiger partial charge in [-0.15, -0.1) is 0 Å². The molecule has 1 aromatic rings. The summed E-state index contributed by atoms with van der Waals surface area (Å²) >= 11 is 0. The summed E-state index contributed by atoms with van der Waals surface area (Å²) in [5.41, 5.74) is 0.343. The smallest absolute Gasteiger partial charge is 0.358 e. The van der Waals surface area contributed by atoms with E-state index in [1.165, 1.54) is 14.2 Å². The maximum absolute atomic E-state index is 10.9. The number of carbonyl (C=O) groups excluding carboxylic acids is 1. The van der Waals surface area contributed by atoms with Crippen molar-refractivity contribution in [3.05, 3.63) is 18.0 Å². The van der Waals surface area contributed by atoms with Gasteiger partial charge in [0.25, 0.3) is 0 Å². The van der Waals surface area contributed by atoms with Gasteiger partial charge in [0, 0.05) is 6.20 Å². The quantitative estimate of drug-likeness (QED) is 0.643. The van der Waals surface area contributed by atoms with Crippen LogP contribution in [0.5, 0.6) is 5.75 Å². The summed E-state index contributed by atoms with van der Waals surface area (Å²) in [6.07, 6.45) is 1.62. The van der Waals surface area contributed by atoms with Crippen molar-refractivity contribution in [3.63, 3.8) is 0 Å². The number of carbonyl (C=O) groups is 1. The number of H-pyrrole nitrogens is 1. The molecule has 0 atom stereocenters. The average molecular weight is 155 g/mol. The summed E-state index contributed by atoms with van der Waals surface area (Å²) in [4.78, 5) is 13.6. The van der Waals surface area contributed by atoms with E-state index in [0.717, 1.165) is 0 Å². The Hall–Kier alpha value is -1.45. The van der Waals surface area contributed by atoms with Crippen molar-refractivity contribution >= 4 is 5.97 Å². The minimum absolute atomic E-state index is 0.343. The Morgan fingerprint density at radius 3 is 2.82 bits per heavy atom. The Labute approximate surface area is 64.1 Å². The fourth-order valence-corrected chi connectivity index (χ4v) is 0.787. The van der Waals surface area contributed by atoms with E-state index < -0.39 is 5.97 Å². The molecule has 0 bridgehead atoms. The highest BCUT2D eigenvalue weighted by Gasteiger charge is 2.12. The van der Waals surface area contributed by atoms with Crippen molar-refractivity contribution in [2.75, 3.05) is 14.2 Å². The lowest BCUT2D eigenvalue weighted by atomic mass is 10.4. The van der Waals surface area contributed by atoms with Crippen LogP contribution in [0, 0.1) is 0 Å². The highest BCUT2D eigenvalue weighted by Crippen LogP contribution is 2.15. The lowest BCUT2D eigenvalue weighted by molar-refractivity contribution is 0.0591. The van der Waals surface area contributed by atoms with Gasteiger partial charge >= 0.3 is 5.97 Å². The van der Waals surface area contributed by atoms with E-state index in [1.54, 1.807) is 12.3 Å². The van der Waals surface area contributed by atoms with Gasteiger partial charge in [0.1, 0.15) is 0 Å². The topological polar surface area (TPSA) is 51.3 Å². The number of methoxy groups -OCH3 is 2. The summed E-state index contributed by atoms with van der Waals surface area (Å²) in [5, 5.41) is 0. The van der Waals surface area contributed by atoms with Crippen LogP contribution in [0.1, 0.15) is 10.5 Å². The van der Waals surface area contributed by atoms with Crippen LogP contribution in [0.3, 0.4) is 0 Å². The second-order valence-electron chi connectivity index (χ2n) is 1.91. The number of nitrogens with one attached hydrogen (secondary N) is 1. The van der Waals surface area contributed by atoms with E-state index in [4.69, 9.17) is 4.74 Å². The Balaban J connectivity index is 2.92. The molecule has 0 fully saturated rings. The molecule has 0 unspecified atom stereocenters. The summed E-state index contributed by atoms with van der Waals surface area (Å²) < 4.78 is 9.36. The summed E-state index contributed by atoms with van der Waals surface area (Å²) in [6.45, 7) is 0. The molecule has 4 nitrogen and oxygen atoms in total. The molecule has 0 aromatic carbocycles. The first-order valence-electron chi connectivity index (χ1n) is 3.09. The predicted octanol–water partition coefficient (Wildman–Crippen LogP) is 0.810. The van der Waals surface area contributed by atoms with Gasteiger partial charge in [-0.3, -0.25) is 0 Å². The number of hydrogen-bond acceptors (Lipinski definition) is 3. The minimum Gasteiger partial charge on any atom is -0.494 e. The molecule has 0 aliphatic rings. The average Bonchev–Trinajstić information content (AvgIpc) is 2.50. The van der Waals surface area contributed by atoms with Crippen molar-refractivity contribution in [1.82, 2.24) is 4.98 Å². The molecule has 0 saturated carbocycles. The highest BCUT2D eigenvalue weighted by molar-refractivity contribution is 5.90. The number of hydrogen-bond donors (Lipinski definition) is 1. The van der Waals surface area contributed by atoms with Crippen LogP contribution in [-0.4, -0.2) is 25.2 Å². The Kier molecular flexibility index (Phi) is 2.15. The number of aromatic nitrogens is 1. The van der Waals surface area contributed by atoms with E-state index in [-0.39, 0.29) is 0 Å². The molecular formula is C7H9NO3. The van der Waals surface area contributed by atoms with E-state index in [0.29, 0.717) is 11.4 Å². The predicted molar refractivity (Wildman–Crippen MR) is 38.7 cm³/mol. The molecular weight excluding hydrogens is 146 g/mol. The zero-order valence-corrected chi connectivity index (χ0v) is 6.38. The fraction of sp³-hybridized carbons (Fsp3) is 0.286. The zero-order chi connectivity index (χ0) is 8.27. The van der Waals surface area contributed by atoms with Gasteiger partial charge in [-0.05, 0) is 6.07 Å². The third-order valence-electron chi connectivity index (χ3n) is 1.32. The van der Waals surface area contributed by atoms with Crippen LogP contribution in [0.2, 0.25) is 0 Å². The van der Waals surface area contributed by atoms with Gasteiger partial charge in [-0.2, -0.15) is 0 Å². The SMILES string of the molecule is COC(=O)c1[nH]ccc1OC.